The second-order valence-electron chi connectivity index (χ2n) is 12.9. The van der Waals surface area contributed by atoms with Crippen molar-refractivity contribution in [1.82, 2.24) is 0 Å². The van der Waals surface area contributed by atoms with Gasteiger partial charge in [0, 0.05) is 17.0 Å². The molecule has 4 N–H and O–H groups in total. The smallest absolute Gasteiger partial charge is 0.200 e. The number of phenolic OH excluding ortho intramolecular Hbond substituents is 4. The number of aryl methyl sites for hydroxylation is 2. The van der Waals surface area contributed by atoms with Crippen LogP contribution in [0.1, 0.15) is 102 Å². The predicted octanol–water partition coefficient (Wildman–Crippen LogP) is 10.3. The Balaban J connectivity index is 2.42. The molecule has 1 atom stereocenters. The van der Waals surface area contributed by atoms with E-state index in [0.29, 0.717) is 5.56 Å². The Morgan fingerprint density at radius 3 is 1.83 bits per heavy atom. The van der Waals surface area contributed by atoms with Gasteiger partial charge in [-0.25, -0.2) is 0 Å². The zero-order valence-corrected chi connectivity index (χ0v) is 26.5. The zero-order chi connectivity index (χ0) is 30.9. The highest BCUT2D eigenvalue weighted by Crippen LogP contribution is 2.49. The summed E-state index contributed by atoms with van der Waals surface area (Å²) in [5.74, 6) is -1.26. The third-order valence-electron chi connectivity index (χ3n) is 9.25. The molecule has 4 heteroatoms. The molecule has 3 rings (SSSR count). The van der Waals surface area contributed by atoms with E-state index in [-0.39, 0.29) is 34.0 Å². The molecule has 0 aliphatic rings. The molecule has 0 amide bonds. The Morgan fingerprint density at radius 1 is 0.756 bits per heavy atom. The number of hydrogen-bond acceptors (Lipinski definition) is 4. The van der Waals surface area contributed by atoms with Gasteiger partial charge in [0.2, 0.25) is 0 Å². The van der Waals surface area contributed by atoms with Gasteiger partial charge in [0.25, 0.3) is 0 Å². The maximum Gasteiger partial charge on any atom is 0.200 e. The van der Waals surface area contributed by atoms with Crippen LogP contribution >= 0.6 is 0 Å². The normalized spacial score (nSPS) is 13.9. The average Bonchev–Trinajstić information content (AvgIpc) is 2.90. The van der Waals surface area contributed by atoms with Gasteiger partial charge in [-0.1, -0.05) is 95.5 Å². The number of aromatic hydroxyl groups is 4. The van der Waals surface area contributed by atoms with E-state index in [0.717, 1.165) is 51.8 Å². The lowest BCUT2D eigenvalue weighted by Crippen LogP contribution is -2.22. The number of hydrogen-bond donors (Lipinski definition) is 4. The van der Waals surface area contributed by atoms with E-state index in [4.69, 9.17) is 0 Å². The van der Waals surface area contributed by atoms with E-state index < -0.39 is 5.75 Å². The van der Waals surface area contributed by atoms with Crippen LogP contribution in [0, 0.1) is 24.7 Å². The SMILES string of the molecule is CCC(C)(C)/C(C)=C/c1ccc(O)c(/C=C(\C)C(c2cc(O)c(O)c(O)c2)C(C)(C)CC)c1-c1c(C)cccc1C. The van der Waals surface area contributed by atoms with E-state index in [1.54, 1.807) is 6.07 Å². The molecule has 0 aliphatic carbocycles. The molecule has 0 bridgehead atoms. The highest BCUT2D eigenvalue weighted by atomic mass is 16.3. The molecule has 1 unspecified atom stereocenters. The molecule has 3 aromatic carbocycles. The highest BCUT2D eigenvalue weighted by molar-refractivity contribution is 5.89. The summed E-state index contributed by atoms with van der Waals surface area (Å²) in [6.45, 7) is 21.5. The lowest BCUT2D eigenvalue weighted by atomic mass is 9.69. The zero-order valence-electron chi connectivity index (χ0n) is 26.5. The van der Waals surface area contributed by atoms with Crippen molar-refractivity contribution in [3.63, 3.8) is 0 Å². The topological polar surface area (TPSA) is 80.9 Å². The molecule has 0 heterocycles. The van der Waals surface area contributed by atoms with E-state index in [9.17, 15) is 20.4 Å². The van der Waals surface area contributed by atoms with Crippen LogP contribution in [0.25, 0.3) is 23.3 Å². The summed E-state index contributed by atoms with van der Waals surface area (Å²) in [6, 6.07) is 13.1. The summed E-state index contributed by atoms with van der Waals surface area (Å²) < 4.78 is 0. The summed E-state index contributed by atoms with van der Waals surface area (Å²) in [4.78, 5) is 0. The maximum absolute atomic E-state index is 11.4. The standard InChI is InChI=1S/C37H48O4/c1-11-36(7,8)25(6)19-26-16-17-29(38)28(33(26)32-22(3)14-13-15-23(32)4)18-24(5)34(37(9,10)12-2)27-20-30(39)35(41)31(40)21-27/h13-21,34,38-41H,11-12H2,1-10H3/b24-18+,25-19+. The van der Waals surface area contributed by atoms with Crippen LogP contribution in [0.15, 0.2) is 53.6 Å². The Labute approximate surface area is 246 Å². The van der Waals surface area contributed by atoms with Crippen molar-refractivity contribution in [3.05, 3.63) is 81.4 Å². The lowest BCUT2D eigenvalue weighted by Gasteiger charge is -2.35. The van der Waals surface area contributed by atoms with Crippen molar-refractivity contribution < 1.29 is 20.4 Å². The van der Waals surface area contributed by atoms with Crippen molar-refractivity contribution in [1.29, 1.82) is 0 Å². The lowest BCUT2D eigenvalue weighted by molar-refractivity contribution is 0.299. The third-order valence-corrected chi connectivity index (χ3v) is 9.25. The number of allylic oxidation sites excluding steroid dienone is 2. The molecule has 41 heavy (non-hydrogen) atoms. The second-order valence-corrected chi connectivity index (χ2v) is 12.9. The average molecular weight is 557 g/mol. The number of rotatable bonds is 9. The van der Waals surface area contributed by atoms with Gasteiger partial charge in [0.15, 0.2) is 17.2 Å². The largest absolute Gasteiger partial charge is 0.507 e. The quantitative estimate of drug-likeness (QED) is 0.198. The van der Waals surface area contributed by atoms with Crippen LogP contribution in [-0.2, 0) is 0 Å². The summed E-state index contributed by atoms with van der Waals surface area (Å²) in [6.07, 6.45) is 6.14. The molecular weight excluding hydrogens is 508 g/mol. The monoisotopic (exact) mass is 556 g/mol. The Hall–Kier alpha value is -3.66. The molecule has 0 radical (unpaired) electrons. The maximum atomic E-state index is 11.4. The van der Waals surface area contributed by atoms with Crippen LogP contribution in [0.2, 0.25) is 0 Å². The summed E-state index contributed by atoms with van der Waals surface area (Å²) in [5, 5.41) is 42.2. The first-order chi connectivity index (χ1) is 19.0. The molecule has 0 saturated carbocycles. The van der Waals surface area contributed by atoms with Crippen molar-refractivity contribution in [2.45, 2.75) is 88.0 Å². The van der Waals surface area contributed by atoms with Crippen molar-refractivity contribution in [2.24, 2.45) is 10.8 Å². The van der Waals surface area contributed by atoms with E-state index >= 15 is 0 Å². The van der Waals surface area contributed by atoms with Crippen LogP contribution < -0.4 is 0 Å². The minimum absolute atomic E-state index is 0.0287. The number of phenols is 4. The molecule has 0 aromatic heterocycles. The first-order valence-corrected chi connectivity index (χ1v) is 14.6. The van der Waals surface area contributed by atoms with Gasteiger partial charge in [-0.05, 0) is 91.0 Å². The van der Waals surface area contributed by atoms with Gasteiger partial charge >= 0.3 is 0 Å². The molecule has 0 spiro atoms. The van der Waals surface area contributed by atoms with E-state index in [1.807, 2.05) is 13.0 Å². The minimum Gasteiger partial charge on any atom is -0.507 e. The Kier molecular flexibility index (Phi) is 9.37. The minimum atomic E-state index is -0.525. The third kappa shape index (κ3) is 6.48. The van der Waals surface area contributed by atoms with Crippen LogP contribution in [0.3, 0.4) is 0 Å². The molecule has 0 aliphatic heterocycles. The van der Waals surface area contributed by atoms with Crippen molar-refractivity contribution in [3.8, 4) is 34.1 Å². The molecule has 3 aromatic rings. The number of benzene rings is 3. The predicted molar refractivity (Wildman–Crippen MR) is 173 cm³/mol. The molecule has 220 valence electrons. The van der Waals surface area contributed by atoms with Crippen molar-refractivity contribution >= 4 is 12.2 Å². The fraction of sp³-hybridized carbons (Fsp3) is 0.405. The summed E-state index contributed by atoms with van der Waals surface area (Å²) >= 11 is 0. The van der Waals surface area contributed by atoms with Crippen molar-refractivity contribution in [2.75, 3.05) is 0 Å². The summed E-state index contributed by atoms with van der Waals surface area (Å²) in [5.41, 5.74) is 8.82. The van der Waals surface area contributed by atoms with Gasteiger partial charge in [-0.3, -0.25) is 0 Å². The molecule has 0 fully saturated rings. The van der Waals surface area contributed by atoms with Crippen LogP contribution in [0.4, 0.5) is 0 Å². The van der Waals surface area contributed by atoms with Gasteiger partial charge in [-0.15, -0.1) is 0 Å². The highest BCUT2D eigenvalue weighted by Gasteiger charge is 2.32. The van der Waals surface area contributed by atoms with Gasteiger partial charge in [-0.2, -0.15) is 0 Å². The van der Waals surface area contributed by atoms with Gasteiger partial charge < -0.3 is 20.4 Å². The van der Waals surface area contributed by atoms with E-state index in [1.165, 1.54) is 17.7 Å². The first kappa shape index (κ1) is 31.9. The fourth-order valence-corrected chi connectivity index (χ4v) is 5.72. The molecular formula is C37H48O4. The second kappa shape index (κ2) is 12.1. The molecule has 4 nitrogen and oxygen atoms in total. The molecule has 0 saturated heterocycles. The van der Waals surface area contributed by atoms with Gasteiger partial charge in [0.1, 0.15) is 5.75 Å². The summed E-state index contributed by atoms with van der Waals surface area (Å²) in [7, 11) is 0. The Morgan fingerprint density at radius 2 is 1.32 bits per heavy atom. The Bertz CT molecular complexity index is 1440. The fourth-order valence-electron chi connectivity index (χ4n) is 5.72. The van der Waals surface area contributed by atoms with Gasteiger partial charge in [0.05, 0.1) is 0 Å². The first-order valence-electron chi connectivity index (χ1n) is 14.6. The van der Waals surface area contributed by atoms with E-state index in [2.05, 4.69) is 92.7 Å². The van der Waals surface area contributed by atoms with Crippen LogP contribution in [-0.4, -0.2) is 20.4 Å². The van der Waals surface area contributed by atoms with Crippen LogP contribution in [0.5, 0.6) is 23.0 Å².